The van der Waals surface area contributed by atoms with E-state index in [1.54, 1.807) is 0 Å². The molecule has 0 heterocycles. The fourth-order valence-electron chi connectivity index (χ4n) is 0.706. The summed E-state index contributed by atoms with van der Waals surface area (Å²) in [6.45, 7) is 1.53. The van der Waals surface area contributed by atoms with Gasteiger partial charge in [-0.05, 0) is 6.92 Å². The molecular formula is C7H14N2O4S2. The van der Waals surface area contributed by atoms with E-state index < -0.39 is 22.0 Å². The average Bonchev–Trinajstić information content (AvgIpc) is 2.13. The summed E-state index contributed by atoms with van der Waals surface area (Å²) in [7, 11) is -2.35. The molecule has 15 heavy (non-hydrogen) atoms. The number of ether oxygens (including phenoxy) is 1. The quantitative estimate of drug-likeness (QED) is 0.473. The molecule has 0 spiro atoms. The Hall–Kier alpha value is -0.730. The molecule has 1 atom stereocenters. The summed E-state index contributed by atoms with van der Waals surface area (Å²) in [4.78, 5) is 10.8. The molecule has 0 radical (unpaired) electrons. The first kappa shape index (κ1) is 14.3. The molecule has 0 saturated heterocycles. The zero-order valence-corrected chi connectivity index (χ0v) is 10.2. The molecule has 0 rings (SSSR count). The second-order valence-electron chi connectivity index (χ2n) is 2.89. The topological polar surface area (TPSA) is 98.5 Å². The number of methoxy groups -OCH3 is 1. The van der Waals surface area contributed by atoms with Crippen molar-refractivity contribution in [1.82, 2.24) is 4.72 Å². The van der Waals surface area contributed by atoms with Crippen LogP contribution in [0.1, 0.15) is 13.3 Å². The molecule has 0 amide bonds. The standard InChI is InChI=1S/C7H14N2O4S2/c1-5(7(8)14)9-15(11,12)4-3-6(10)13-2/h5,9H,3-4H2,1-2H3,(H2,8,14). The number of thiocarbonyl (C=S) groups is 1. The molecule has 0 aliphatic heterocycles. The van der Waals surface area contributed by atoms with Gasteiger partial charge in [-0.15, -0.1) is 0 Å². The summed E-state index contributed by atoms with van der Waals surface area (Å²) in [5.41, 5.74) is 5.24. The molecule has 8 heteroatoms. The second kappa shape index (κ2) is 5.99. The predicted octanol–water partition coefficient (Wildman–Crippen LogP) is -0.856. The molecule has 0 aromatic carbocycles. The lowest BCUT2D eigenvalue weighted by Crippen LogP contribution is -2.42. The minimum absolute atomic E-state index is 0.0524. The number of carbonyl (C=O) groups excluding carboxylic acids is 1. The molecule has 6 nitrogen and oxygen atoms in total. The lowest BCUT2D eigenvalue weighted by Gasteiger charge is -2.11. The molecule has 3 N–H and O–H groups in total. The zero-order chi connectivity index (χ0) is 12.1. The number of nitrogens with one attached hydrogen (secondary N) is 1. The Morgan fingerprint density at radius 3 is 2.53 bits per heavy atom. The second-order valence-corrected chi connectivity index (χ2v) is 5.23. The van der Waals surface area contributed by atoms with Crippen LogP contribution in [0.25, 0.3) is 0 Å². The number of carbonyl (C=O) groups is 1. The normalized spacial score (nSPS) is 13.2. The molecule has 0 bridgehead atoms. The van der Waals surface area contributed by atoms with Crippen molar-refractivity contribution in [2.24, 2.45) is 5.73 Å². The molecular weight excluding hydrogens is 240 g/mol. The van der Waals surface area contributed by atoms with Crippen LogP contribution in [0.3, 0.4) is 0 Å². The van der Waals surface area contributed by atoms with Gasteiger partial charge in [-0.2, -0.15) is 0 Å². The molecule has 0 aliphatic rings. The number of esters is 1. The van der Waals surface area contributed by atoms with Crippen LogP contribution < -0.4 is 10.5 Å². The van der Waals surface area contributed by atoms with E-state index >= 15 is 0 Å². The van der Waals surface area contributed by atoms with Gasteiger partial charge in [-0.1, -0.05) is 12.2 Å². The Balaban J connectivity index is 4.20. The van der Waals surface area contributed by atoms with Gasteiger partial charge >= 0.3 is 5.97 Å². The van der Waals surface area contributed by atoms with Crippen LogP contribution in [-0.4, -0.2) is 38.3 Å². The summed E-state index contributed by atoms with van der Waals surface area (Å²) in [5, 5.41) is 0. The summed E-state index contributed by atoms with van der Waals surface area (Å²) >= 11 is 4.60. The van der Waals surface area contributed by atoms with Crippen LogP contribution in [0.15, 0.2) is 0 Å². The lowest BCUT2D eigenvalue weighted by atomic mass is 10.4. The van der Waals surface area contributed by atoms with E-state index in [0.717, 1.165) is 0 Å². The number of nitrogens with two attached hydrogens (primary N) is 1. The maximum Gasteiger partial charge on any atom is 0.306 e. The molecule has 0 aromatic heterocycles. The zero-order valence-electron chi connectivity index (χ0n) is 8.52. The smallest absolute Gasteiger partial charge is 0.306 e. The number of hydrogen-bond donors (Lipinski definition) is 2. The van der Waals surface area contributed by atoms with Gasteiger partial charge in [-0.25, -0.2) is 13.1 Å². The molecule has 0 aromatic rings. The van der Waals surface area contributed by atoms with Crippen LogP contribution in [0.2, 0.25) is 0 Å². The summed E-state index contributed by atoms with van der Waals surface area (Å²) in [5.74, 6) is -0.921. The average molecular weight is 254 g/mol. The molecule has 0 aliphatic carbocycles. The van der Waals surface area contributed by atoms with Gasteiger partial charge in [0.15, 0.2) is 0 Å². The van der Waals surface area contributed by atoms with Gasteiger partial charge in [0.05, 0.1) is 30.3 Å². The van der Waals surface area contributed by atoms with E-state index in [9.17, 15) is 13.2 Å². The summed E-state index contributed by atoms with van der Waals surface area (Å²) in [6.07, 6.45) is -0.199. The number of sulfonamides is 1. The molecule has 0 fully saturated rings. The highest BCUT2D eigenvalue weighted by Crippen LogP contribution is 1.94. The highest BCUT2D eigenvalue weighted by molar-refractivity contribution is 7.89. The van der Waals surface area contributed by atoms with E-state index in [2.05, 4.69) is 21.7 Å². The van der Waals surface area contributed by atoms with E-state index in [-0.39, 0.29) is 17.2 Å². The maximum absolute atomic E-state index is 11.3. The maximum atomic E-state index is 11.3. The Kier molecular flexibility index (Phi) is 5.69. The number of rotatable bonds is 6. The van der Waals surface area contributed by atoms with Crippen molar-refractivity contribution < 1.29 is 17.9 Å². The van der Waals surface area contributed by atoms with Crippen LogP contribution in [0.5, 0.6) is 0 Å². The van der Waals surface area contributed by atoms with Crippen molar-refractivity contribution in [3.63, 3.8) is 0 Å². The summed E-state index contributed by atoms with van der Waals surface area (Å²) in [6, 6.07) is -0.623. The van der Waals surface area contributed by atoms with Gasteiger partial charge in [0, 0.05) is 0 Å². The largest absolute Gasteiger partial charge is 0.469 e. The predicted molar refractivity (Wildman–Crippen MR) is 59.8 cm³/mol. The first-order valence-electron chi connectivity index (χ1n) is 4.14. The Morgan fingerprint density at radius 2 is 2.13 bits per heavy atom. The highest BCUT2D eigenvalue weighted by Gasteiger charge is 2.17. The van der Waals surface area contributed by atoms with Crippen molar-refractivity contribution >= 4 is 33.2 Å². The highest BCUT2D eigenvalue weighted by atomic mass is 32.2. The van der Waals surface area contributed by atoms with E-state index in [4.69, 9.17) is 5.73 Å². The third-order valence-corrected chi connectivity index (χ3v) is 3.39. The van der Waals surface area contributed by atoms with E-state index in [1.807, 2.05) is 0 Å². The van der Waals surface area contributed by atoms with Crippen LogP contribution in [-0.2, 0) is 19.6 Å². The van der Waals surface area contributed by atoms with Crippen LogP contribution >= 0.6 is 12.2 Å². The number of hydrogen-bond acceptors (Lipinski definition) is 5. The molecule has 0 saturated carbocycles. The van der Waals surface area contributed by atoms with Crippen molar-refractivity contribution in [3.05, 3.63) is 0 Å². The van der Waals surface area contributed by atoms with Gasteiger partial charge in [0.25, 0.3) is 0 Å². The molecule has 1 unspecified atom stereocenters. The van der Waals surface area contributed by atoms with E-state index in [1.165, 1.54) is 14.0 Å². The van der Waals surface area contributed by atoms with Gasteiger partial charge < -0.3 is 10.5 Å². The van der Waals surface area contributed by atoms with E-state index in [0.29, 0.717) is 0 Å². The summed E-state index contributed by atoms with van der Waals surface area (Å²) < 4.78 is 29.2. The van der Waals surface area contributed by atoms with Gasteiger partial charge in [-0.3, -0.25) is 4.79 Å². The first-order chi connectivity index (χ1) is 6.78. The SMILES string of the molecule is COC(=O)CCS(=O)(=O)NC(C)C(N)=S. The Bertz CT molecular complexity index is 339. The minimum Gasteiger partial charge on any atom is -0.469 e. The third kappa shape index (κ3) is 6.37. The first-order valence-corrected chi connectivity index (χ1v) is 6.20. The minimum atomic E-state index is -3.55. The van der Waals surface area contributed by atoms with Crippen molar-refractivity contribution in [1.29, 1.82) is 0 Å². The van der Waals surface area contributed by atoms with Gasteiger partial charge in [0.1, 0.15) is 0 Å². The van der Waals surface area contributed by atoms with Gasteiger partial charge in [0.2, 0.25) is 10.0 Å². The molecule has 88 valence electrons. The van der Waals surface area contributed by atoms with Crippen LogP contribution in [0.4, 0.5) is 0 Å². The Labute approximate surface area is 94.2 Å². The Morgan fingerprint density at radius 1 is 1.60 bits per heavy atom. The van der Waals surface area contributed by atoms with Crippen molar-refractivity contribution in [2.45, 2.75) is 19.4 Å². The fourth-order valence-corrected chi connectivity index (χ4v) is 2.06. The lowest BCUT2D eigenvalue weighted by molar-refractivity contribution is -0.140. The monoisotopic (exact) mass is 254 g/mol. The van der Waals surface area contributed by atoms with Crippen molar-refractivity contribution in [3.8, 4) is 0 Å². The van der Waals surface area contributed by atoms with Crippen molar-refractivity contribution in [2.75, 3.05) is 12.9 Å². The van der Waals surface area contributed by atoms with Crippen LogP contribution in [0, 0.1) is 0 Å². The fraction of sp³-hybridized carbons (Fsp3) is 0.714. The third-order valence-electron chi connectivity index (χ3n) is 1.59.